The van der Waals surface area contributed by atoms with Crippen LogP contribution in [0.3, 0.4) is 0 Å². The van der Waals surface area contributed by atoms with E-state index in [0.717, 1.165) is 38.0 Å². The third-order valence-corrected chi connectivity index (χ3v) is 7.73. The van der Waals surface area contributed by atoms with Gasteiger partial charge in [0.2, 0.25) is 0 Å². The molecule has 0 heterocycles. The Morgan fingerprint density at radius 2 is 1.72 bits per heavy atom. The lowest BCUT2D eigenvalue weighted by Crippen LogP contribution is -2.38. The van der Waals surface area contributed by atoms with Crippen LogP contribution in [0.15, 0.2) is 24.3 Å². The standard InChI is InChI=1S/C27H41NO/c1-4-28-20(3)17-27(19-29-5-2)18-24(22-13-8-9-14-22)26-23(15-10-16-25(26)27)21-11-6-7-12-21/h10,15-16,18,20-22,28H,4-9,11-14,17,19H2,1-3H3. The molecule has 2 unspecified atom stereocenters. The highest BCUT2D eigenvalue weighted by atomic mass is 16.5. The van der Waals surface area contributed by atoms with Gasteiger partial charge in [0.05, 0.1) is 6.61 Å². The lowest BCUT2D eigenvalue weighted by atomic mass is 9.76. The van der Waals surface area contributed by atoms with Crippen LogP contribution >= 0.6 is 0 Å². The predicted octanol–water partition coefficient (Wildman–Crippen LogP) is 6.59. The predicted molar refractivity (Wildman–Crippen MR) is 124 cm³/mol. The van der Waals surface area contributed by atoms with E-state index in [2.05, 4.69) is 50.4 Å². The Hall–Kier alpha value is -1.12. The summed E-state index contributed by atoms with van der Waals surface area (Å²) in [6.07, 6.45) is 14.9. The molecule has 3 aliphatic carbocycles. The van der Waals surface area contributed by atoms with Crippen molar-refractivity contribution in [2.75, 3.05) is 19.8 Å². The second-order valence-electron chi connectivity index (χ2n) is 9.79. The van der Waals surface area contributed by atoms with Crippen LogP contribution in [0.5, 0.6) is 0 Å². The molecular formula is C27H41NO. The van der Waals surface area contributed by atoms with Crippen molar-refractivity contribution in [3.8, 4) is 0 Å². The van der Waals surface area contributed by atoms with Gasteiger partial charge in [-0.15, -0.1) is 0 Å². The zero-order valence-electron chi connectivity index (χ0n) is 18.9. The molecule has 0 aliphatic heterocycles. The number of rotatable bonds is 9. The summed E-state index contributed by atoms with van der Waals surface area (Å²) >= 11 is 0. The summed E-state index contributed by atoms with van der Waals surface area (Å²) in [5.74, 6) is 1.53. The van der Waals surface area contributed by atoms with Crippen LogP contribution in [0, 0.1) is 5.92 Å². The van der Waals surface area contributed by atoms with Crippen molar-refractivity contribution in [2.45, 2.75) is 95.9 Å². The minimum atomic E-state index is 0.0272. The van der Waals surface area contributed by atoms with Gasteiger partial charge in [-0.1, -0.05) is 56.9 Å². The number of hydrogen-bond acceptors (Lipinski definition) is 2. The zero-order chi connectivity index (χ0) is 20.3. The van der Waals surface area contributed by atoms with E-state index in [-0.39, 0.29) is 5.41 Å². The van der Waals surface area contributed by atoms with Gasteiger partial charge in [-0.2, -0.15) is 0 Å². The molecule has 2 nitrogen and oxygen atoms in total. The average molecular weight is 396 g/mol. The maximum Gasteiger partial charge on any atom is 0.0598 e. The van der Waals surface area contributed by atoms with Crippen molar-refractivity contribution >= 4 is 5.57 Å². The fraction of sp³-hybridized carbons (Fsp3) is 0.704. The van der Waals surface area contributed by atoms with Crippen LogP contribution in [0.2, 0.25) is 0 Å². The molecule has 0 saturated heterocycles. The van der Waals surface area contributed by atoms with E-state index in [0.29, 0.717) is 6.04 Å². The molecule has 0 bridgehead atoms. The zero-order valence-corrected chi connectivity index (χ0v) is 18.9. The molecule has 4 rings (SSSR count). The number of nitrogens with one attached hydrogen (secondary N) is 1. The van der Waals surface area contributed by atoms with Gasteiger partial charge >= 0.3 is 0 Å². The first kappa shape index (κ1) is 21.1. The lowest BCUT2D eigenvalue weighted by Gasteiger charge is -2.32. The Balaban J connectivity index is 1.80. The molecule has 160 valence electrons. The summed E-state index contributed by atoms with van der Waals surface area (Å²) in [7, 11) is 0. The topological polar surface area (TPSA) is 21.3 Å². The van der Waals surface area contributed by atoms with E-state index >= 15 is 0 Å². The largest absolute Gasteiger partial charge is 0.380 e. The Morgan fingerprint density at radius 3 is 2.38 bits per heavy atom. The number of ether oxygens (including phenoxy) is 1. The van der Waals surface area contributed by atoms with Crippen molar-refractivity contribution in [3.63, 3.8) is 0 Å². The second-order valence-corrected chi connectivity index (χ2v) is 9.79. The maximum atomic E-state index is 6.16. The fourth-order valence-corrected chi connectivity index (χ4v) is 6.49. The van der Waals surface area contributed by atoms with Gasteiger partial charge in [-0.05, 0) is 86.6 Å². The second kappa shape index (κ2) is 9.35. The van der Waals surface area contributed by atoms with Gasteiger partial charge in [-0.25, -0.2) is 0 Å². The van der Waals surface area contributed by atoms with E-state index < -0.39 is 0 Å². The van der Waals surface area contributed by atoms with Crippen LogP contribution in [-0.2, 0) is 10.2 Å². The molecule has 2 heteroatoms. The quantitative estimate of drug-likeness (QED) is 0.509. The molecule has 1 N–H and O–H groups in total. The summed E-state index contributed by atoms with van der Waals surface area (Å²) in [5.41, 5.74) is 6.59. The van der Waals surface area contributed by atoms with E-state index in [1.807, 2.05) is 0 Å². The molecule has 2 atom stereocenters. The summed E-state index contributed by atoms with van der Waals surface area (Å²) in [6.45, 7) is 9.33. The highest BCUT2D eigenvalue weighted by molar-refractivity contribution is 5.81. The molecule has 29 heavy (non-hydrogen) atoms. The summed E-state index contributed by atoms with van der Waals surface area (Å²) in [6, 6.07) is 7.73. The van der Waals surface area contributed by atoms with Crippen molar-refractivity contribution in [2.24, 2.45) is 5.92 Å². The Bertz CT molecular complexity index is 711. The first-order chi connectivity index (χ1) is 14.2. The molecule has 2 saturated carbocycles. The third kappa shape index (κ3) is 4.21. The van der Waals surface area contributed by atoms with Gasteiger partial charge in [0.1, 0.15) is 0 Å². The van der Waals surface area contributed by atoms with Gasteiger partial charge in [0.25, 0.3) is 0 Å². The van der Waals surface area contributed by atoms with Gasteiger partial charge in [0.15, 0.2) is 0 Å². The van der Waals surface area contributed by atoms with Crippen LogP contribution in [0.25, 0.3) is 5.57 Å². The molecule has 1 aromatic carbocycles. The van der Waals surface area contributed by atoms with Gasteiger partial charge in [0, 0.05) is 18.1 Å². The van der Waals surface area contributed by atoms with Gasteiger partial charge < -0.3 is 10.1 Å². The SMILES string of the molecule is CCNC(C)CC1(COCC)C=C(C2CCCC2)c2c(C3CCCC3)cccc21. The normalized spacial score (nSPS) is 26.1. The monoisotopic (exact) mass is 395 g/mol. The molecule has 0 spiro atoms. The Morgan fingerprint density at radius 1 is 1.03 bits per heavy atom. The van der Waals surface area contributed by atoms with E-state index in [9.17, 15) is 0 Å². The number of benzene rings is 1. The van der Waals surface area contributed by atoms with Crippen LogP contribution in [-0.4, -0.2) is 25.8 Å². The maximum absolute atomic E-state index is 6.16. The van der Waals surface area contributed by atoms with Crippen molar-refractivity contribution in [1.82, 2.24) is 5.32 Å². The van der Waals surface area contributed by atoms with E-state index in [1.165, 1.54) is 51.4 Å². The molecule has 3 aliphatic rings. The van der Waals surface area contributed by atoms with Gasteiger partial charge in [-0.3, -0.25) is 0 Å². The minimum absolute atomic E-state index is 0.0272. The van der Waals surface area contributed by atoms with Crippen LogP contribution in [0.4, 0.5) is 0 Å². The summed E-state index contributed by atoms with van der Waals surface area (Å²) in [5, 5.41) is 3.67. The van der Waals surface area contributed by atoms with Crippen LogP contribution < -0.4 is 5.32 Å². The first-order valence-corrected chi connectivity index (χ1v) is 12.4. The molecule has 0 aromatic heterocycles. The van der Waals surface area contributed by atoms with E-state index in [4.69, 9.17) is 4.74 Å². The number of fused-ring (bicyclic) bond motifs is 1. The van der Waals surface area contributed by atoms with Crippen molar-refractivity contribution in [3.05, 3.63) is 41.0 Å². The molecular weight excluding hydrogens is 354 g/mol. The summed E-state index contributed by atoms with van der Waals surface area (Å²) in [4.78, 5) is 0. The molecule has 2 fully saturated rings. The average Bonchev–Trinajstić information content (AvgIpc) is 3.47. The molecule has 0 amide bonds. The van der Waals surface area contributed by atoms with Crippen molar-refractivity contribution < 1.29 is 4.74 Å². The highest BCUT2D eigenvalue weighted by Gasteiger charge is 2.43. The van der Waals surface area contributed by atoms with Crippen molar-refractivity contribution in [1.29, 1.82) is 0 Å². The highest BCUT2D eigenvalue weighted by Crippen LogP contribution is 2.53. The fourth-order valence-electron chi connectivity index (χ4n) is 6.49. The minimum Gasteiger partial charge on any atom is -0.380 e. The summed E-state index contributed by atoms with van der Waals surface area (Å²) < 4.78 is 6.16. The smallest absolute Gasteiger partial charge is 0.0598 e. The van der Waals surface area contributed by atoms with E-state index in [1.54, 1.807) is 22.3 Å². The van der Waals surface area contributed by atoms with Crippen LogP contribution in [0.1, 0.15) is 101 Å². The lowest BCUT2D eigenvalue weighted by molar-refractivity contribution is 0.103. The molecule has 1 aromatic rings. The Kier molecular flexibility index (Phi) is 6.81. The number of allylic oxidation sites excluding steroid dienone is 1. The first-order valence-electron chi connectivity index (χ1n) is 12.4. The Labute approximate surface area is 178 Å². The number of hydrogen-bond donors (Lipinski definition) is 1. The third-order valence-electron chi connectivity index (χ3n) is 7.73. The molecule has 0 radical (unpaired) electrons.